The topological polar surface area (TPSA) is 97.0 Å². The Bertz CT molecular complexity index is 1020. The van der Waals surface area contributed by atoms with Crippen LogP contribution in [0.4, 0.5) is 10.5 Å². The van der Waals surface area contributed by atoms with Crippen LogP contribution in [0.3, 0.4) is 0 Å². The summed E-state index contributed by atoms with van der Waals surface area (Å²) < 4.78 is 10.3. The molecule has 0 aliphatic carbocycles. The Morgan fingerprint density at radius 2 is 1.77 bits per heavy atom. The van der Waals surface area contributed by atoms with Crippen LogP contribution in [0.2, 0.25) is 5.02 Å². The number of hydrogen-bond acceptors (Lipinski definition) is 5. The van der Waals surface area contributed by atoms with Crippen molar-refractivity contribution >= 4 is 35.2 Å². The van der Waals surface area contributed by atoms with Gasteiger partial charge in [-0.3, -0.25) is 4.79 Å². The van der Waals surface area contributed by atoms with Crippen molar-refractivity contribution in [2.45, 2.75) is 13.0 Å². The number of esters is 1. The summed E-state index contributed by atoms with van der Waals surface area (Å²) in [6, 6.07) is 12.5. The molecular weight excluding hydrogens is 422 g/mol. The maximum Gasteiger partial charge on any atom is 0.337 e. The fourth-order valence-electron chi connectivity index (χ4n) is 3.10. The lowest BCUT2D eigenvalue weighted by molar-refractivity contribution is -0.136. The highest BCUT2D eigenvalue weighted by Crippen LogP contribution is 2.31. The van der Waals surface area contributed by atoms with Gasteiger partial charge in [0.1, 0.15) is 5.75 Å². The molecule has 3 amide bonds. The standard InChI is InChI=1S/C22H22ClN3O5/c1-13-19(21(28)30-3)20(25-22(29)26(13)2)14-4-8-16(9-5-14)24-18(27)12-31-17-10-6-15(23)7-11-17/h4-11,20H,12H2,1-3H3,(H,24,27)(H,25,29). The van der Waals surface area contributed by atoms with Gasteiger partial charge in [0.15, 0.2) is 6.61 Å². The van der Waals surface area contributed by atoms with Gasteiger partial charge in [0.25, 0.3) is 5.91 Å². The van der Waals surface area contributed by atoms with E-state index in [4.69, 9.17) is 21.1 Å². The molecule has 2 aromatic carbocycles. The number of nitrogens with zero attached hydrogens (tertiary/aromatic N) is 1. The smallest absolute Gasteiger partial charge is 0.337 e. The molecule has 0 radical (unpaired) electrons. The van der Waals surface area contributed by atoms with Crippen LogP contribution in [0.15, 0.2) is 59.8 Å². The van der Waals surface area contributed by atoms with Crippen LogP contribution < -0.4 is 15.4 Å². The number of nitrogens with one attached hydrogen (secondary N) is 2. The number of allylic oxidation sites excluding steroid dienone is 1. The number of halogens is 1. The molecule has 162 valence electrons. The number of carbonyl (C=O) groups excluding carboxylic acids is 3. The van der Waals surface area contributed by atoms with Gasteiger partial charge in [0.2, 0.25) is 0 Å². The molecule has 0 saturated carbocycles. The van der Waals surface area contributed by atoms with E-state index >= 15 is 0 Å². The van der Waals surface area contributed by atoms with Crippen LogP contribution in [0, 0.1) is 0 Å². The third-order valence-electron chi connectivity index (χ3n) is 4.87. The summed E-state index contributed by atoms with van der Waals surface area (Å²) >= 11 is 5.82. The van der Waals surface area contributed by atoms with E-state index in [1.807, 2.05) is 0 Å². The van der Waals surface area contributed by atoms with Crippen LogP contribution in [-0.2, 0) is 14.3 Å². The number of carbonyl (C=O) groups is 3. The van der Waals surface area contributed by atoms with Gasteiger partial charge in [-0.25, -0.2) is 9.59 Å². The van der Waals surface area contributed by atoms with E-state index in [1.54, 1.807) is 62.5 Å². The minimum absolute atomic E-state index is 0.164. The third-order valence-corrected chi connectivity index (χ3v) is 5.12. The molecule has 31 heavy (non-hydrogen) atoms. The molecule has 2 N–H and O–H groups in total. The summed E-state index contributed by atoms with van der Waals surface area (Å²) in [6.07, 6.45) is 0. The first-order chi connectivity index (χ1) is 14.8. The molecule has 0 fully saturated rings. The minimum atomic E-state index is -0.658. The normalized spacial score (nSPS) is 15.9. The molecule has 0 saturated heterocycles. The monoisotopic (exact) mass is 443 g/mol. The average Bonchev–Trinajstić information content (AvgIpc) is 2.77. The van der Waals surface area contributed by atoms with Gasteiger partial charge in [-0.15, -0.1) is 0 Å². The summed E-state index contributed by atoms with van der Waals surface area (Å²) in [5.41, 5.74) is 2.08. The van der Waals surface area contributed by atoms with Crippen molar-refractivity contribution in [2.75, 3.05) is 26.1 Å². The number of anilines is 1. The van der Waals surface area contributed by atoms with E-state index in [0.29, 0.717) is 33.3 Å². The number of amides is 3. The third kappa shape index (κ3) is 5.16. The Hall–Kier alpha value is -3.52. The van der Waals surface area contributed by atoms with Gasteiger partial charge in [-0.05, 0) is 48.9 Å². The quantitative estimate of drug-likeness (QED) is 0.666. The Balaban J connectivity index is 1.68. The Labute approximate surface area is 184 Å². The molecule has 1 unspecified atom stereocenters. The zero-order valence-electron chi connectivity index (χ0n) is 17.3. The zero-order valence-corrected chi connectivity index (χ0v) is 18.0. The Morgan fingerprint density at radius 3 is 2.39 bits per heavy atom. The fraction of sp³-hybridized carbons (Fsp3) is 0.227. The van der Waals surface area contributed by atoms with Gasteiger partial charge >= 0.3 is 12.0 Å². The summed E-state index contributed by atoms with van der Waals surface area (Å²) in [5, 5.41) is 6.11. The van der Waals surface area contributed by atoms with Crippen molar-refractivity contribution < 1.29 is 23.9 Å². The summed E-state index contributed by atoms with van der Waals surface area (Å²) in [6.45, 7) is 1.52. The molecule has 8 nitrogen and oxygen atoms in total. The van der Waals surface area contributed by atoms with Crippen molar-refractivity contribution in [3.63, 3.8) is 0 Å². The van der Waals surface area contributed by atoms with Gasteiger partial charge in [-0.1, -0.05) is 23.7 Å². The van der Waals surface area contributed by atoms with Crippen molar-refractivity contribution in [3.8, 4) is 5.75 Å². The van der Waals surface area contributed by atoms with Gasteiger partial charge in [0, 0.05) is 23.5 Å². The van der Waals surface area contributed by atoms with E-state index in [2.05, 4.69) is 10.6 Å². The molecule has 2 aromatic rings. The van der Waals surface area contributed by atoms with E-state index in [9.17, 15) is 14.4 Å². The first-order valence-corrected chi connectivity index (χ1v) is 9.79. The molecule has 0 spiro atoms. The number of ether oxygens (including phenoxy) is 2. The molecule has 3 rings (SSSR count). The Morgan fingerprint density at radius 1 is 1.13 bits per heavy atom. The van der Waals surface area contributed by atoms with Crippen LogP contribution in [0.25, 0.3) is 0 Å². The second-order valence-corrected chi connectivity index (χ2v) is 7.28. The zero-order chi connectivity index (χ0) is 22.5. The highest BCUT2D eigenvalue weighted by Gasteiger charge is 2.34. The molecule has 0 bridgehead atoms. The molecular formula is C22H22ClN3O5. The average molecular weight is 444 g/mol. The minimum Gasteiger partial charge on any atom is -0.484 e. The number of urea groups is 1. The van der Waals surface area contributed by atoms with Crippen molar-refractivity contribution in [1.82, 2.24) is 10.2 Å². The fourth-order valence-corrected chi connectivity index (χ4v) is 3.22. The van der Waals surface area contributed by atoms with Crippen molar-refractivity contribution in [1.29, 1.82) is 0 Å². The maximum absolute atomic E-state index is 12.3. The highest BCUT2D eigenvalue weighted by atomic mass is 35.5. The number of benzene rings is 2. The van der Waals surface area contributed by atoms with Crippen molar-refractivity contribution in [2.24, 2.45) is 0 Å². The lowest BCUT2D eigenvalue weighted by Gasteiger charge is -2.33. The van der Waals surface area contributed by atoms with Crippen LogP contribution in [0.1, 0.15) is 18.5 Å². The Kier molecular flexibility index (Phi) is 6.81. The number of hydrogen-bond donors (Lipinski definition) is 2. The van der Waals surface area contributed by atoms with E-state index in [-0.39, 0.29) is 18.5 Å². The van der Waals surface area contributed by atoms with Gasteiger partial charge < -0.3 is 25.0 Å². The first-order valence-electron chi connectivity index (χ1n) is 9.41. The number of rotatable bonds is 6. The summed E-state index contributed by atoms with van der Waals surface area (Å²) in [7, 11) is 2.87. The lowest BCUT2D eigenvalue weighted by Crippen LogP contribution is -2.46. The molecule has 9 heteroatoms. The summed E-state index contributed by atoms with van der Waals surface area (Å²) in [4.78, 5) is 38.0. The van der Waals surface area contributed by atoms with E-state index in [1.165, 1.54) is 12.0 Å². The van der Waals surface area contributed by atoms with Crippen molar-refractivity contribution in [3.05, 3.63) is 70.4 Å². The second-order valence-electron chi connectivity index (χ2n) is 6.84. The summed E-state index contributed by atoms with van der Waals surface area (Å²) in [5.74, 6) is -0.322. The predicted octanol–water partition coefficient (Wildman–Crippen LogP) is 3.50. The first kappa shape index (κ1) is 22.2. The molecule has 1 atom stereocenters. The predicted molar refractivity (Wildman–Crippen MR) is 116 cm³/mol. The van der Waals surface area contributed by atoms with Crippen LogP contribution in [-0.4, -0.2) is 43.6 Å². The number of methoxy groups -OCH3 is 1. The van der Waals surface area contributed by atoms with Crippen LogP contribution >= 0.6 is 11.6 Å². The lowest BCUT2D eigenvalue weighted by atomic mass is 9.95. The second kappa shape index (κ2) is 9.53. The van der Waals surface area contributed by atoms with E-state index in [0.717, 1.165) is 0 Å². The van der Waals surface area contributed by atoms with E-state index < -0.39 is 12.0 Å². The highest BCUT2D eigenvalue weighted by molar-refractivity contribution is 6.30. The van der Waals surface area contributed by atoms with Crippen LogP contribution in [0.5, 0.6) is 5.75 Å². The molecule has 0 aromatic heterocycles. The molecule has 1 aliphatic heterocycles. The van der Waals surface area contributed by atoms with Gasteiger partial charge in [-0.2, -0.15) is 0 Å². The maximum atomic E-state index is 12.3. The largest absolute Gasteiger partial charge is 0.484 e. The SMILES string of the molecule is COC(=O)C1=C(C)N(C)C(=O)NC1c1ccc(NC(=O)COc2ccc(Cl)cc2)cc1. The molecule has 1 heterocycles. The molecule has 1 aliphatic rings. The van der Waals surface area contributed by atoms with Gasteiger partial charge in [0.05, 0.1) is 18.7 Å².